The van der Waals surface area contributed by atoms with E-state index in [1.54, 1.807) is 12.4 Å². The van der Waals surface area contributed by atoms with Crippen LogP contribution in [0.5, 0.6) is 0 Å². The molecule has 0 amide bonds. The minimum Gasteiger partial charge on any atom is -0.358 e. The molecule has 0 unspecified atom stereocenters. The Balaban J connectivity index is 1.97. The Labute approximate surface area is 139 Å². The van der Waals surface area contributed by atoms with E-state index in [9.17, 15) is 0 Å². The third-order valence-corrected chi connectivity index (χ3v) is 4.17. The van der Waals surface area contributed by atoms with E-state index in [-0.39, 0.29) is 0 Å². The minimum absolute atomic E-state index is 0.517. The number of nitrogens with one attached hydrogen (secondary N) is 2. The van der Waals surface area contributed by atoms with Gasteiger partial charge >= 0.3 is 0 Å². The molecule has 0 bridgehead atoms. The van der Waals surface area contributed by atoms with E-state index in [1.807, 2.05) is 25.1 Å². The molecule has 0 saturated heterocycles. The number of hydrogen-bond donors (Lipinski definition) is 2. The first kappa shape index (κ1) is 15.3. The maximum Gasteiger partial charge on any atom is 0.172 e. The number of rotatable bonds is 3. The van der Waals surface area contributed by atoms with Gasteiger partial charge < -0.3 is 10.6 Å². The van der Waals surface area contributed by atoms with Crippen LogP contribution in [0.3, 0.4) is 0 Å². The van der Waals surface area contributed by atoms with Crippen molar-refractivity contribution in [3.8, 4) is 0 Å². The number of hydrogen-bond acceptors (Lipinski definition) is 3. The molecule has 104 valence electrons. The number of halogens is 2. The van der Waals surface area contributed by atoms with Crippen molar-refractivity contribution in [2.75, 3.05) is 5.32 Å². The number of thiocarbonyl (C=S) groups is 1. The van der Waals surface area contributed by atoms with E-state index in [0.717, 1.165) is 20.2 Å². The highest BCUT2D eigenvalue weighted by atomic mass is 79.9. The Morgan fingerprint density at radius 3 is 2.85 bits per heavy atom. The second-order valence-electron chi connectivity index (χ2n) is 4.05. The van der Waals surface area contributed by atoms with Gasteiger partial charge in [0.25, 0.3) is 0 Å². The van der Waals surface area contributed by atoms with E-state index in [2.05, 4.69) is 52.5 Å². The van der Waals surface area contributed by atoms with Crippen molar-refractivity contribution in [2.24, 2.45) is 0 Å². The minimum atomic E-state index is 0.517. The van der Waals surface area contributed by atoms with Gasteiger partial charge in [-0.1, -0.05) is 6.07 Å². The Kier molecular flexibility index (Phi) is 5.45. The van der Waals surface area contributed by atoms with Crippen molar-refractivity contribution in [2.45, 2.75) is 13.5 Å². The second-order valence-corrected chi connectivity index (χ2v) is 6.17. The van der Waals surface area contributed by atoms with Gasteiger partial charge in [0.2, 0.25) is 0 Å². The monoisotopic (exact) mass is 414 g/mol. The van der Waals surface area contributed by atoms with Crippen molar-refractivity contribution in [1.82, 2.24) is 15.3 Å². The summed E-state index contributed by atoms with van der Waals surface area (Å²) in [5.74, 6) is 0.689. The SMILES string of the molecule is Cc1nc(NC(=S)NCc2cccnc2)c(Br)cc1Br. The fourth-order valence-electron chi connectivity index (χ4n) is 1.48. The third-order valence-electron chi connectivity index (χ3n) is 2.51. The zero-order valence-corrected chi connectivity index (χ0v) is 14.6. The quantitative estimate of drug-likeness (QED) is 0.746. The molecule has 0 aliphatic heterocycles. The largest absolute Gasteiger partial charge is 0.358 e. The molecule has 0 spiro atoms. The zero-order valence-electron chi connectivity index (χ0n) is 10.7. The van der Waals surface area contributed by atoms with Crippen LogP contribution in [0.25, 0.3) is 0 Å². The van der Waals surface area contributed by atoms with Gasteiger partial charge in [0.15, 0.2) is 5.11 Å². The van der Waals surface area contributed by atoms with Crippen LogP contribution in [0.2, 0.25) is 0 Å². The van der Waals surface area contributed by atoms with E-state index in [1.165, 1.54) is 0 Å². The molecule has 0 saturated carbocycles. The number of aryl methyl sites for hydroxylation is 1. The summed E-state index contributed by atoms with van der Waals surface area (Å²) in [7, 11) is 0. The van der Waals surface area contributed by atoms with Crippen LogP contribution < -0.4 is 10.6 Å². The van der Waals surface area contributed by atoms with Crippen LogP contribution in [0.4, 0.5) is 5.82 Å². The lowest BCUT2D eigenvalue weighted by Gasteiger charge is -2.12. The van der Waals surface area contributed by atoms with E-state index in [4.69, 9.17) is 12.2 Å². The van der Waals surface area contributed by atoms with Crippen molar-refractivity contribution < 1.29 is 0 Å². The van der Waals surface area contributed by atoms with Crippen molar-refractivity contribution in [1.29, 1.82) is 0 Å². The van der Waals surface area contributed by atoms with E-state index in [0.29, 0.717) is 17.5 Å². The molecule has 0 radical (unpaired) electrons. The van der Waals surface area contributed by atoms with Gasteiger partial charge in [-0.05, 0) is 68.7 Å². The van der Waals surface area contributed by atoms with Crippen LogP contribution in [0.15, 0.2) is 39.5 Å². The van der Waals surface area contributed by atoms with Crippen LogP contribution >= 0.6 is 44.1 Å². The lowest BCUT2D eigenvalue weighted by molar-refractivity contribution is 0.915. The van der Waals surface area contributed by atoms with Crippen LogP contribution in [0, 0.1) is 6.92 Å². The molecule has 2 aromatic heterocycles. The average molecular weight is 416 g/mol. The number of pyridine rings is 2. The topological polar surface area (TPSA) is 49.8 Å². The van der Waals surface area contributed by atoms with Crippen LogP contribution in [-0.2, 0) is 6.54 Å². The highest BCUT2D eigenvalue weighted by Crippen LogP contribution is 2.26. The average Bonchev–Trinajstić information content (AvgIpc) is 2.44. The summed E-state index contributed by atoms with van der Waals surface area (Å²) in [5.41, 5.74) is 1.96. The third kappa shape index (κ3) is 4.22. The molecule has 2 N–H and O–H groups in total. The molecule has 0 aliphatic carbocycles. The highest BCUT2D eigenvalue weighted by molar-refractivity contribution is 9.11. The Morgan fingerprint density at radius 1 is 1.35 bits per heavy atom. The first-order valence-electron chi connectivity index (χ1n) is 5.82. The smallest absolute Gasteiger partial charge is 0.172 e. The molecular formula is C13H12Br2N4S. The Hall–Kier alpha value is -1.05. The Bertz CT molecular complexity index is 619. The Morgan fingerprint density at radius 2 is 2.15 bits per heavy atom. The molecule has 0 atom stereocenters. The molecule has 0 aromatic carbocycles. The number of aromatic nitrogens is 2. The van der Waals surface area contributed by atoms with Gasteiger partial charge in [0.05, 0.1) is 10.2 Å². The van der Waals surface area contributed by atoms with Crippen molar-refractivity contribution in [3.05, 3.63) is 50.8 Å². The predicted octanol–water partition coefficient (Wildman–Crippen LogP) is 3.80. The lowest BCUT2D eigenvalue weighted by Crippen LogP contribution is -2.28. The summed E-state index contributed by atoms with van der Waals surface area (Å²) in [5, 5.41) is 6.70. The number of anilines is 1. The maximum absolute atomic E-state index is 5.26. The summed E-state index contributed by atoms with van der Waals surface area (Å²) in [6.07, 6.45) is 3.54. The normalized spacial score (nSPS) is 10.2. The van der Waals surface area contributed by atoms with E-state index >= 15 is 0 Å². The highest BCUT2D eigenvalue weighted by Gasteiger charge is 2.07. The van der Waals surface area contributed by atoms with Gasteiger partial charge in [0, 0.05) is 23.4 Å². The lowest BCUT2D eigenvalue weighted by atomic mass is 10.3. The van der Waals surface area contributed by atoms with Gasteiger partial charge in [-0.2, -0.15) is 0 Å². The standard InChI is InChI=1S/C13H12Br2N4S/c1-8-10(14)5-11(15)12(18-8)19-13(20)17-7-9-3-2-4-16-6-9/h2-6H,7H2,1H3,(H2,17,18,19,20). The fraction of sp³-hybridized carbons (Fsp3) is 0.154. The summed E-state index contributed by atoms with van der Waals surface area (Å²) in [6, 6.07) is 5.82. The van der Waals surface area contributed by atoms with Gasteiger partial charge in [-0.3, -0.25) is 4.98 Å². The first-order chi connectivity index (χ1) is 9.56. The molecule has 0 aliphatic rings. The molecule has 2 aromatic rings. The predicted molar refractivity (Wildman–Crippen MR) is 91.7 cm³/mol. The van der Waals surface area contributed by atoms with Gasteiger partial charge in [0.1, 0.15) is 5.82 Å². The van der Waals surface area contributed by atoms with Gasteiger partial charge in [-0.25, -0.2) is 4.98 Å². The molecular weight excluding hydrogens is 404 g/mol. The molecule has 4 nitrogen and oxygen atoms in total. The van der Waals surface area contributed by atoms with Crippen molar-refractivity contribution in [3.63, 3.8) is 0 Å². The summed E-state index contributed by atoms with van der Waals surface area (Å²) in [6.45, 7) is 2.54. The number of nitrogens with zero attached hydrogens (tertiary/aromatic N) is 2. The summed E-state index contributed by atoms with van der Waals surface area (Å²) in [4.78, 5) is 8.48. The molecule has 2 heterocycles. The van der Waals surface area contributed by atoms with Crippen LogP contribution in [0.1, 0.15) is 11.3 Å². The zero-order chi connectivity index (χ0) is 14.5. The van der Waals surface area contributed by atoms with Gasteiger partial charge in [-0.15, -0.1) is 0 Å². The van der Waals surface area contributed by atoms with E-state index < -0.39 is 0 Å². The van der Waals surface area contributed by atoms with Crippen molar-refractivity contribution >= 4 is 55.0 Å². The molecule has 20 heavy (non-hydrogen) atoms. The fourth-order valence-corrected chi connectivity index (χ4v) is 2.69. The first-order valence-corrected chi connectivity index (χ1v) is 7.82. The summed E-state index contributed by atoms with van der Waals surface area (Å²) >= 11 is 12.1. The van der Waals surface area contributed by atoms with Crippen LogP contribution in [-0.4, -0.2) is 15.1 Å². The second kappa shape index (κ2) is 7.10. The maximum atomic E-state index is 5.26. The molecule has 0 fully saturated rings. The summed E-state index contributed by atoms with van der Waals surface area (Å²) < 4.78 is 1.80. The molecule has 2 rings (SSSR count). The molecule has 7 heteroatoms.